The number of pyridine rings is 3. The molecule has 23 heavy (non-hydrogen) atoms. The molecule has 0 unspecified atom stereocenters. The molecule has 3 nitrogen and oxygen atoms in total. The minimum absolute atomic E-state index is 0.365. The Bertz CT molecular complexity index is 871. The summed E-state index contributed by atoms with van der Waals surface area (Å²) in [5, 5.41) is 0.730. The molecule has 0 aliphatic carbocycles. The summed E-state index contributed by atoms with van der Waals surface area (Å²) in [7, 11) is 0. The lowest BCUT2D eigenvalue weighted by atomic mass is 9.94. The standard InChI is InChI=1S/C18H15Cl2N3/c1-10-6-13(4-5-21-10)15-7-11(2)22-12(3)18(15)14-8-16(19)23-17(20)9-14/h4-9H,1-3H3. The van der Waals surface area contributed by atoms with Crippen molar-refractivity contribution >= 4 is 23.2 Å². The maximum Gasteiger partial charge on any atom is 0.131 e. The number of aryl methyl sites for hydroxylation is 3. The SMILES string of the molecule is Cc1cc(-c2cc(C)nc(C)c2-c2cc(Cl)nc(Cl)c2)ccn1. The van der Waals surface area contributed by atoms with Crippen molar-refractivity contribution in [2.45, 2.75) is 20.8 Å². The number of hydrogen-bond donors (Lipinski definition) is 0. The molecule has 3 aromatic rings. The highest BCUT2D eigenvalue weighted by molar-refractivity contribution is 6.32. The van der Waals surface area contributed by atoms with Crippen LogP contribution >= 0.6 is 23.2 Å². The molecule has 0 spiro atoms. The van der Waals surface area contributed by atoms with Crippen LogP contribution in [0.5, 0.6) is 0 Å². The lowest BCUT2D eigenvalue weighted by molar-refractivity contribution is 1.12. The first kappa shape index (κ1) is 15.9. The Hall–Kier alpha value is -1.97. The molecule has 3 aromatic heterocycles. The van der Waals surface area contributed by atoms with Crippen molar-refractivity contribution in [1.82, 2.24) is 15.0 Å². The Morgan fingerprint density at radius 1 is 0.783 bits per heavy atom. The lowest BCUT2D eigenvalue weighted by Gasteiger charge is -2.15. The third-order valence-corrected chi connectivity index (χ3v) is 3.97. The van der Waals surface area contributed by atoms with E-state index in [1.54, 1.807) is 0 Å². The van der Waals surface area contributed by atoms with Gasteiger partial charge in [-0.25, -0.2) is 4.98 Å². The van der Waals surface area contributed by atoms with Crippen LogP contribution in [0, 0.1) is 20.8 Å². The van der Waals surface area contributed by atoms with Crippen molar-refractivity contribution in [2.24, 2.45) is 0 Å². The zero-order valence-corrected chi connectivity index (χ0v) is 14.6. The van der Waals surface area contributed by atoms with Gasteiger partial charge in [0.1, 0.15) is 10.3 Å². The van der Waals surface area contributed by atoms with E-state index in [0.29, 0.717) is 10.3 Å². The second-order valence-electron chi connectivity index (χ2n) is 5.46. The average molecular weight is 344 g/mol. The molecule has 0 fully saturated rings. The number of rotatable bonds is 2. The van der Waals surface area contributed by atoms with Crippen LogP contribution in [0.15, 0.2) is 36.5 Å². The molecule has 3 rings (SSSR count). The number of nitrogens with zero attached hydrogens (tertiary/aromatic N) is 3. The second kappa shape index (κ2) is 6.26. The summed E-state index contributed by atoms with van der Waals surface area (Å²) in [6.07, 6.45) is 1.81. The van der Waals surface area contributed by atoms with Gasteiger partial charge in [-0.1, -0.05) is 23.2 Å². The van der Waals surface area contributed by atoms with E-state index in [4.69, 9.17) is 23.2 Å². The molecular weight excluding hydrogens is 329 g/mol. The minimum atomic E-state index is 0.365. The van der Waals surface area contributed by atoms with Gasteiger partial charge < -0.3 is 0 Å². The first-order chi connectivity index (χ1) is 10.9. The van der Waals surface area contributed by atoms with Crippen LogP contribution < -0.4 is 0 Å². The van der Waals surface area contributed by atoms with Crippen LogP contribution in [-0.2, 0) is 0 Å². The van der Waals surface area contributed by atoms with E-state index in [-0.39, 0.29) is 0 Å². The molecule has 0 amide bonds. The topological polar surface area (TPSA) is 38.7 Å². The van der Waals surface area contributed by atoms with Crippen LogP contribution in [0.25, 0.3) is 22.3 Å². The highest BCUT2D eigenvalue weighted by Gasteiger charge is 2.14. The molecule has 0 aliphatic rings. The van der Waals surface area contributed by atoms with Crippen molar-refractivity contribution in [3.05, 3.63) is 63.9 Å². The van der Waals surface area contributed by atoms with Gasteiger partial charge >= 0.3 is 0 Å². The quantitative estimate of drug-likeness (QED) is 0.581. The fourth-order valence-corrected chi connectivity index (χ4v) is 3.20. The Labute approximate surface area is 145 Å². The van der Waals surface area contributed by atoms with Crippen molar-refractivity contribution in [1.29, 1.82) is 0 Å². The van der Waals surface area contributed by atoms with Crippen LogP contribution in [0.2, 0.25) is 10.3 Å². The number of aromatic nitrogens is 3. The van der Waals surface area contributed by atoms with E-state index in [1.165, 1.54) is 0 Å². The fourth-order valence-electron chi connectivity index (χ4n) is 2.74. The zero-order chi connectivity index (χ0) is 16.6. The van der Waals surface area contributed by atoms with Crippen LogP contribution in [0.1, 0.15) is 17.1 Å². The van der Waals surface area contributed by atoms with Crippen LogP contribution in [0.4, 0.5) is 0 Å². The van der Waals surface area contributed by atoms with Crippen molar-refractivity contribution in [3.8, 4) is 22.3 Å². The maximum absolute atomic E-state index is 6.08. The van der Waals surface area contributed by atoms with Gasteiger partial charge in [-0.3, -0.25) is 9.97 Å². The summed E-state index contributed by atoms with van der Waals surface area (Å²) in [6.45, 7) is 5.95. The maximum atomic E-state index is 6.08. The molecule has 0 N–H and O–H groups in total. The van der Waals surface area contributed by atoms with Gasteiger partial charge in [0.05, 0.1) is 0 Å². The van der Waals surface area contributed by atoms with E-state index in [1.807, 2.05) is 45.2 Å². The van der Waals surface area contributed by atoms with Gasteiger partial charge in [0.25, 0.3) is 0 Å². The number of halogens is 2. The molecule has 0 atom stereocenters. The molecule has 0 saturated carbocycles. The van der Waals surface area contributed by atoms with Crippen LogP contribution in [0.3, 0.4) is 0 Å². The second-order valence-corrected chi connectivity index (χ2v) is 6.23. The normalized spacial score (nSPS) is 10.8. The molecule has 0 aromatic carbocycles. The van der Waals surface area contributed by atoms with Gasteiger partial charge in [-0.2, -0.15) is 0 Å². The summed E-state index contributed by atoms with van der Waals surface area (Å²) >= 11 is 12.2. The fraction of sp³-hybridized carbons (Fsp3) is 0.167. The zero-order valence-electron chi connectivity index (χ0n) is 13.1. The predicted octanol–water partition coefficient (Wildman–Crippen LogP) is 5.44. The van der Waals surface area contributed by atoms with Gasteiger partial charge in [0.2, 0.25) is 0 Å². The predicted molar refractivity (Wildman–Crippen MR) is 94.9 cm³/mol. The molecule has 0 saturated heterocycles. The van der Waals surface area contributed by atoms with E-state index >= 15 is 0 Å². The highest BCUT2D eigenvalue weighted by Crippen LogP contribution is 2.36. The van der Waals surface area contributed by atoms with E-state index in [9.17, 15) is 0 Å². The molecule has 5 heteroatoms. The van der Waals surface area contributed by atoms with Gasteiger partial charge in [-0.15, -0.1) is 0 Å². The van der Waals surface area contributed by atoms with Crippen LogP contribution in [-0.4, -0.2) is 15.0 Å². The van der Waals surface area contributed by atoms with Crippen molar-refractivity contribution in [2.75, 3.05) is 0 Å². The summed E-state index contributed by atoms with van der Waals surface area (Å²) in [5.41, 5.74) is 6.93. The monoisotopic (exact) mass is 343 g/mol. The highest BCUT2D eigenvalue weighted by atomic mass is 35.5. The van der Waals surface area contributed by atoms with Gasteiger partial charge in [-0.05, 0) is 67.8 Å². The first-order valence-electron chi connectivity index (χ1n) is 7.19. The molecule has 0 bridgehead atoms. The Balaban J connectivity index is 2.32. The van der Waals surface area contributed by atoms with E-state index in [0.717, 1.165) is 39.3 Å². The summed E-state index contributed by atoms with van der Waals surface area (Å²) < 4.78 is 0. The third-order valence-electron chi connectivity index (χ3n) is 3.59. The van der Waals surface area contributed by atoms with Crippen molar-refractivity contribution < 1.29 is 0 Å². The number of hydrogen-bond acceptors (Lipinski definition) is 3. The Kier molecular flexibility index (Phi) is 4.33. The largest absolute Gasteiger partial charge is 0.262 e. The van der Waals surface area contributed by atoms with Crippen molar-refractivity contribution in [3.63, 3.8) is 0 Å². The molecule has 3 heterocycles. The van der Waals surface area contributed by atoms with E-state index in [2.05, 4.69) is 27.1 Å². The first-order valence-corrected chi connectivity index (χ1v) is 7.94. The average Bonchev–Trinajstić information content (AvgIpc) is 2.45. The summed E-state index contributed by atoms with van der Waals surface area (Å²) in [5.74, 6) is 0. The minimum Gasteiger partial charge on any atom is -0.262 e. The van der Waals surface area contributed by atoms with Gasteiger partial charge in [0.15, 0.2) is 0 Å². The van der Waals surface area contributed by atoms with E-state index < -0.39 is 0 Å². The molecule has 116 valence electrons. The summed E-state index contributed by atoms with van der Waals surface area (Å²) in [4.78, 5) is 12.9. The molecular formula is C18H15Cl2N3. The summed E-state index contributed by atoms with van der Waals surface area (Å²) in [6, 6.07) is 9.74. The third kappa shape index (κ3) is 3.36. The molecule has 0 radical (unpaired) electrons. The lowest BCUT2D eigenvalue weighted by Crippen LogP contribution is -1.96. The molecule has 0 aliphatic heterocycles. The Morgan fingerprint density at radius 3 is 2.13 bits per heavy atom. The van der Waals surface area contributed by atoms with Gasteiger partial charge in [0, 0.05) is 28.8 Å². The smallest absolute Gasteiger partial charge is 0.131 e. The Morgan fingerprint density at radius 2 is 1.48 bits per heavy atom.